The molecule has 34 heavy (non-hydrogen) atoms. The summed E-state index contributed by atoms with van der Waals surface area (Å²) in [5.74, 6) is -1.64. The molecule has 2 aromatic carbocycles. The Bertz CT molecular complexity index is 1440. The minimum absolute atomic E-state index is 0.0163. The first-order valence-corrected chi connectivity index (χ1v) is 10.8. The van der Waals surface area contributed by atoms with Crippen molar-refractivity contribution in [2.24, 2.45) is 5.73 Å². The average molecular weight is 464 g/mol. The Morgan fingerprint density at radius 2 is 1.65 bits per heavy atom. The van der Waals surface area contributed by atoms with E-state index in [9.17, 15) is 14.4 Å². The van der Waals surface area contributed by atoms with Crippen LogP contribution >= 0.6 is 0 Å². The van der Waals surface area contributed by atoms with Crippen molar-refractivity contribution in [3.63, 3.8) is 0 Å². The van der Waals surface area contributed by atoms with Crippen molar-refractivity contribution in [2.75, 3.05) is 30.0 Å². The molecule has 1 aromatic heterocycles. The van der Waals surface area contributed by atoms with Gasteiger partial charge in [-0.15, -0.1) is 0 Å². The molecule has 3 aromatic rings. The van der Waals surface area contributed by atoms with Crippen LogP contribution in [0, 0.1) is 0 Å². The number of hydrogen-bond donors (Lipinski definition) is 1. The van der Waals surface area contributed by atoms with E-state index in [2.05, 4.69) is 5.10 Å². The molecule has 1 fully saturated rings. The predicted molar refractivity (Wildman–Crippen MR) is 127 cm³/mol. The fourth-order valence-corrected chi connectivity index (χ4v) is 4.15. The molecule has 0 aliphatic carbocycles. The van der Waals surface area contributed by atoms with Crippen LogP contribution in [0.15, 0.2) is 48.5 Å². The van der Waals surface area contributed by atoms with Gasteiger partial charge in [0.05, 0.1) is 15.5 Å². The minimum atomic E-state index is -2.22. The monoisotopic (exact) mass is 463 g/mol. The maximum atomic E-state index is 13.8. The number of nitrogens with two attached hydrogens (primary N) is 1. The first-order valence-electron chi connectivity index (χ1n) is 12.8. The van der Waals surface area contributed by atoms with E-state index in [1.807, 2.05) is 0 Å². The Hall–Kier alpha value is -4.14. The molecule has 2 N–H and O–H groups in total. The van der Waals surface area contributed by atoms with Gasteiger partial charge >= 0.3 is 0 Å². The SMILES string of the molecule is [2H]C1([2H])CCCN(c2ccc(N3C(=O)c4c(c(C(N)=O)nn4-c4ccc(OC)cc4)CC3([2H])[2H])cc2)C1=O. The van der Waals surface area contributed by atoms with Crippen LogP contribution in [0.3, 0.4) is 0 Å². The molecule has 9 nitrogen and oxygen atoms in total. The molecule has 174 valence electrons. The zero-order valence-electron chi connectivity index (χ0n) is 22.4. The Labute approximate surface area is 202 Å². The number of hydrogen-bond acceptors (Lipinski definition) is 5. The van der Waals surface area contributed by atoms with E-state index in [4.69, 9.17) is 16.0 Å². The van der Waals surface area contributed by atoms with Crippen LogP contribution in [-0.4, -0.2) is 47.7 Å². The van der Waals surface area contributed by atoms with Crippen molar-refractivity contribution in [1.82, 2.24) is 9.78 Å². The van der Waals surface area contributed by atoms with E-state index in [0.29, 0.717) is 30.1 Å². The quantitative estimate of drug-likeness (QED) is 0.625. The number of amides is 3. The Morgan fingerprint density at radius 1 is 1.00 bits per heavy atom. The van der Waals surface area contributed by atoms with Crippen molar-refractivity contribution in [3.05, 3.63) is 65.5 Å². The fourth-order valence-electron chi connectivity index (χ4n) is 4.15. The summed E-state index contributed by atoms with van der Waals surface area (Å²) in [5, 5.41) is 4.27. The highest BCUT2D eigenvalue weighted by molar-refractivity contribution is 6.09. The van der Waals surface area contributed by atoms with Crippen LogP contribution in [0.4, 0.5) is 11.4 Å². The van der Waals surface area contributed by atoms with Gasteiger partial charge in [-0.1, -0.05) is 0 Å². The molecule has 0 spiro atoms. The molecular weight excluding hydrogens is 434 g/mol. The summed E-state index contributed by atoms with van der Waals surface area (Å²) >= 11 is 0. The molecule has 3 amide bonds. The molecule has 0 saturated carbocycles. The number of anilines is 2. The van der Waals surface area contributed by atoms with Gasteiger partial charge in [-0.05, 0) is 67.8 Å². The van der Waals surface area contributed by atoms with Crippen LogP contribution in [0.25, 0.3) is 5.69 Å². The topological polar surface area (TPSA) is 111 Å². The summed E-state index contributed by atoms with van der Waals surface area (Å²) in [4.78, 5) is 40.9. The highest BCUT2D eigenvalue weighted by Gasteiger charge is 2.34. The number of methoxy groups -OCH3 is 1. The summed E-state index contributed by atoms with van der Waals surface area (Å²) in [6.45, 7) is -1.86. The fraction of sp³-hybridized carbons (Fsp3) is 0.280. The number of carbonyl (C=O) groups excluding carboxylic acids is 3. The van der Waals surface area contributed by atoms with Gasteiger partial charge in [0, 0.05) is 39.1 Å². The average Bonchev–Trinajstić information content (AvgIpc) is 3.25. The van der Waals surface area contributed by atoms with Crippen molar-refractivity contribution in [2.45, 2.75) is 25.6 Å². The number of primary amides is 1. The van der Waals surface area contributed by atoms with Crippen molar-refractivity contribution in [3.8, 4) is 11.4 Å². The minimum Gasteiger partial charge on any atom is -0.497 e. The van der Waals surface area contributed by atoms with E-state index in [0.717, 1.165) is 4.90 Å². The third-order valence-corrected chi connectivity index (χ3v) is 5.85. The van der Waals surface area contributed by atoms with E-state index < -0.39 is 30.6 Å². The molecule has 2 aliphatic heterocycles. The van der Waals surface area contributed by atoms with Gasteiger partial charge in [0.1, 0.15) is 11.4 Å². The second-order valence-corrected chi connectivity index (χ2v) is 7.88. The maximum Gasteiger partial charge on any atom is 0.277 e. The largest absolute Gasteiger partial charge is 0.497 e. The van der Waals surface area contributed by atoms with Gasteiger partial charge in [-0.25, -0.2) is 4.68 Å². The van der Waals surface area contributed by atoms with Crippen LogP contribution in [-0.2, 0) is 11.2 Å². The summed E-state index contributed by atoms with van der Waals surface area (Å²) < 4.78 is 39.7. The van der Waals surface area contributed by atoms with Gasteiger partial charge in [-0.2, -0.15) is 5.10 Å². The smallest absolute Gasteiger partial charge is 0.277 e. The van der Waals surface area contributed by atoms with Crippen molar-refractivity contribution >= 4 is 29.1 Å². The molecular formula is C25H25N5O4. The Morgan fingerprint density at radius 3 is 2.29 bits per heavy atom. The summed E-state index contributed by atoms with van der Waals surface area (Å²) in [6, 6.07) is 12.8. The van der Waals surface area contributed by atoms with Crippen LogP contribution < -0.4 is 20.3 Å². The van der Waals surface area contributed by atoms with Crippen LogP contribution in [0.5, 0.6) is 5.75 Å². The van der Waals surface area contributed by atoms with E-state index >= 15 is 0 Å². The zero-order valence-corrected chi connectivity index (χ0v) is 18.4. The number of benzene rings is 2. The first kappa shape index (κ1) is 17.4. The zero-order chi connectivity index (χ0) is 27.4. The van der Waals surface area contributed by atoms with E-state index in [1.165, 1.54) is 28.8 Å². The summed E-state index contributed by atoms with van der Waals surface area (Å²) in [6.07, 6.45) is -1.62. The lowest BCUT2D eigenvalue weighted by Gasteiger charge is -2.29. The standard InChI is InChI=1S/C25H25N5O4/c1-34-19-11-9-18(10-12-19)30-23-20(22(27-30)24(26)32)13-15-29(25(23)33)17-7-5-16(6-8-17)28-14-3-2-4-21(28)31/h5-12H,2-4,13-15H2,1H3,(H2,26,32)/i4D2,15D2. The highest BCUT2D eigenvalue weighted by Crippen LogP contribution is 2.31. The lowest BCUT2D eigenvalue weighted by Crippen LogP contribution is -2.39. The molecule has 2 aliphatic rings. The van der Waals surface area contributed by atoms with Gasteiger partial charge in [0.2, 0.25) is 5.91 Å². The normalized spacial score (nSPS) is 20.6. The van der Waals surface area contributed by atoms with Crippen LogP contribution in [0.1, 0.15) is 51.2 Å². The molecule has 0 unspecified atom stereocenters. The summed E-state index contributed by atoms with van der Waals surface area (Å²) in [5.41, 5.74) is 6.63. The third kappa shape index (κ3) is 3.68. The molecule has 0 radical (unpaired) electrons. The summed E-state index contributed by atoms with van der Waals surface area (Å²) in [7, 11) is 1.52. The van der Waals surface area contributed by atoms with Gasteiger partial charge in [-0.3, -0.25) is 14.4 Å². The van der Waals surface area contributed by atoms with E-state index in [-0.39, 0.29) is 35.5 Å². The lowest BCUT2D eigenvalue weighted by atomic mass is 10.0. The van der Waals surface area contributed by atoms with Crippen LogP contribution in [0.2, 0.25) is 0 Å². The Balaban J connectivity index is 1.55. The molecule has 1 saturated heterocycles. The van der Waals surface area contributed by atoms with Gasteiger partial charge in [0.25, 0.3) is 11.8 Å². The molecule has 0 bridgehead atoms. The first-order chi connectivity index (χ1) is 17.9. The number of rotatable bonds is 5. The second-order valence-electron chi connectivity index (χ2n) is 7.88. The number of fused-ring (bicyclic) bond motifs is 1. The maximum absolute atomic E-state index is 13.8. The number of nitrogens with zero attached hydrogens (tertiary/aromatic N) is 4. The van der Waals surface area contributed by atoms with Crippen molar-refractivity contribution in [1.29, 1.82) is 0 Å². The predicted octanol–water partition coefficient (Wildman–Crippen LogP) is 2.70. The van der Waals surface area contributed by atoms with Gasteiger partial charge in [0.15, 0.2) is 5.69 Å². The molecule has 0 atom stereocenters. The van der Waals surface area contributed by atoms with E-state index in [1.54, 1.807) is 36.4 Å². The van der Waals surface area contributed by atoms with Crippen molar-refractivity contribution < 1.29 is 24.6 Å². The molecule has 5 rings (SSSR count). The number of piperidine rings is 1. The van der Waals surface area contributed by atoms with Gasteiger partial charge < -0.3 is 20.3 Å². The lowest BCUT2D eigenvalue weighted by molar-refractivity contribution is -0.119. The number of aromatic nitrogens is 2. The second kappa shape index (κ2) is 8.66. The number of carbonyl (C=O) groups is 3. The highest BCUT2D eigenvalue weighted by atomic mass is 16.5. The molecule has 9 heteroatoms. The number of ether oxygens (including phenoxy) is 1. The molecule has 3 heterocycles. The third-order valence-electron chi connectivity index (χ3n) is 5.85. The Kier molecular flexibility index (Phi) is 4.42.